The maximum Gasteiger partial charge on any atom is 0.151 e. The number of benzene rings is 1. The Kier molecular flexibility index (Phi) is 4.68. The van der Waals surface area contributed by atoms with E-state index in [2.05, 4.69) is 52.6 Å². The molecule has 0 saturated heterocycles. The largest absolute Gasteiger partial charge is 0.360 e. The average Bonchev–Trinajstić information content (AvgIpc) is 2.83. The zero-order valence-electron chi connectivity index (χ0n) is 12.6. The van der Waals surface area contributed by atoms with E-state index >= 15 is 0 Å². The van der Waals surface area contributed by atoms with Crippen molar-refractivity contribution in [3.8, 4) is 0 Å². The number of hydrogen-bond donors (Lipinski definition) is 1. The zero-order valence-corrected chi connectivity index (χ0v) is 12.6. The summed E-state index contributed by atoms with van der Waals surface area (Å²) in [7, 11) is 0. The van der Waals surface area contributed by atoms with Gasteiger partial charge in [-0.1, -0.05) is 36.3 Å². The summed E-state index contributed by atoms with van der Waals surface area (Å²) in [5.74, 6) is 0.960. The third kappa shape index (κ3) is 3.71. The normalized spacial score (nSPS) is 15.7. The zero-order chi connectivity index (χ0) is 14.5. The molecule has 0 fully saturated rings. The molecule has 1 aromatic carbocycles. The van der Waals surface area contributed by atoms with Gasteiger partial charge >= 0.3 is 0 Å². The molecule has 0 atom stereocenters. The Morgan fingerprint density at radius 1 is 1.29 bits per heavy atom. The number of aryl methyl sites for hydroxylation is 1. The first-order chi connectivity index (χ1) is 10.3. The van der Waals surface area contributed by atoms with Crippen LogP contribution in [-0.2, 0) is 26.1 Å². The van der Waals surface area contributed by atoms with E-state index in [4.69, 9.17) is 4.52 Å². The van der Waals surface area contributed by atoms with Crippen molar-refractivity contribution in [3.63, 3.8) is 0 Å². The van der Waals surface area contributed by atoms with Gasteiger partial charge in [0.25, 0.3) is 0 Å². The SMILES string of the molecule is CCNCc1cc(CN2CCCc3ccccc3C2)on1. The Morgan fingerprint density at radius 2 is 2.14 bits per heavy atom. The molecule has 2 aromatic rings. The second-order valence-corrected chi connectivity index (χ2v) is 5.65. The number of aromatic nitrogens is 1. The maximum absolute atomic E-state index is 5.46. The van der Waals surface area contributed by atoms with Gasteiger partial charge in [0.15, 0.2) is 5.76 Å². The number of nitrogens with zero attached hydrogens (tertiary/aromatic N) is 2. The number of rotatable bonds is 5. The molecule has 1 aliphatic heterocycles. The molecule has 1 aromatic heterocycles. The van der Waals surface area contributed by atoms with Gasteiger partial charge in [-0.2, -0.15) is 0 Å². The smallest absolute Gasteiger partial charge is 0.151 e. The molecule has 0 unspecified atom stereocenters. The molecule has 0 saturated carbocycles. The van der Waals surface area contributed by atoms with Gasteiger partial charge in [-0.15, -0.1) is 0 Å². The van der Waals surface area contributed by atoms with Crippen molar-refractivity contribution in [1.29, 1.82) is 0 Å². The summed E-state index contributed by atoms with van der Waals surface area (Å²) in [5.41, 5.74) is 3.93. The van der Waals surface area contributed by atoms with Crippen molar-refractivity contribution in [2.45, 2.75) is 39.4 Å². The molecule has 21 heavy (non-hydrogen) atoms. The third-order valence-corrected chi connectivity index (χ3v) is 3.98. The summed E-state index contributed by atoms with van der Waals surface area (Å²) in [4.78, 5) is 2.45. The third-order valence-electron chi connectivity index (χ3n) is 3.98. The fraction of sp³-hybridized carbons (Fsp3) is 0.471. The van der Waals surface area contributed by atoms with Crippen molar-refractivity contribution in [2.75, 3.05) is 13.1 Å². The lowest BCUT2D eigenvalue weighted by molar-refractivity contribution is 0.226. The molecule has 1 aliphatic rings. The highest BCUT2D eigenvalue weighted by atomic mass is 16.5. The molecule has 1 N–H and O–H groups in total. The Balaban J connectivity index is 1.64. The second-order valence-electron chi connectivity index (χ2n) is 5.65. The molecule has 0 aliphatic carbocycles. The Bertz CT molecular complexity index is 579. The molecule has 112 valence electrons. The Labute approximate surface area is 126 Å². The van der Waals surface area contributed by atoms with E-state index in [0.29, 0.717) is 0 Å². The fourth-order valence-corrected chi connectivity index (χ4v) is 2.89. The lowest BCUT2D eigenvalue weighted by atomic mass is 10.0. The predicted octanol–water partition coefficient (Wildman–Crippen LogP) is 2.73. The van der Waals surface area contributed by atoms with Crippen LogP contribution in [0, 0.1) is 0 Å². The molecule has 0 amide bonds. The topological polar surface area (TPSA) is 41.3 Å². The summed E-state index contributed by atoms with van der Waals surface area (Å²) in [6, 6.07) is 10.8. The van der Waals surface area contributed by atoms with Crippen LogP contribution in [0.3, 0.4) is 0 Å². The van der Waals surface area contributed by atoms with E-state index < -0.39 is 0 Å². The summed E-state index contributed by atoms with van der Waals surface area (Å²) in [6.45, 7) is 6.77. The lowest BCUT2D eigenvalue weighted by Gasteiger charge is -2.18. The van der Waals surface area contributed by atoms with E-state index in [1.807, 2.05) is 0 Å². The highest BCUT2D eigenvalue weighted by molar-refractivity contribution is 5.28. The molecule has 3 rings (SSSR count). The maximum atomic E-state index is 5.46. The van der Waals surface area contributed by atoms with Gasteiger partial charge in [-0.25, -0.2) is 0 Å². The van der Waals surface area contributed by atoms with Gasteiger partial charge in [-0.05, 0) is 37.1 Å². The second kappa shape index (κ2) is 6.87. The van der Waals surface area contributed by atoms with Gasteiger partial charge in [-0.3, -0.25) is 4.90 Å². The van der Waals surface area contributed by atoms with Crippen molar-refractivity contribution in [3.05, 3.63) is 52.9 Å². The first-order valence-electron chi connectivity index (χ1n) is 7.79. The first kappa shape index (κ1) is 14.3. The molecular formula is C17H23N3O. The molecule has 0 radical (unpaired) electrons. The number of fused-ring (bicyclic) bond motifs is 1. The first-order valence-corrected chi connectivity index (χ1v) is 7.79. The monoisotopic (exact) mass is 285 g/mol. The van der Waals surface area contributed by atoms with E-state index in [0.717, 1.165) is 44.2 Å². The lowest BCUT2D eigenvalue weighted by Crippen LogP contribution is -2.22. The summed E-state index contributed by atoms with van der Waals surface area (Å²) in [6.07, 6.45) is 2.38. The Hall–Kier alpha value is -1.65. The average molecular weight is 285 g/mol. The predicted molar refractivity (Wildman–Crippen MR) is 82.8 cm³/mol. The van der Waals surface area contributed by atoms with E-state index in [9.17, 15) is 0 Å². The van der Waals surface area contributed by atoms with E-state index in [-0.39, 0.29) is 0 Å². The molecule has 0 bridgehead atoms. The van der Waals surface area contributed by atoms with Gasteiger partial charge in [0.2, 0.25) is 0 Å². The summed E-state index contributed by atoms with van der Waals surface area (Å²) in [5, 5.41) is 7.39. The standard InChI is InChI=1S/C17H23N3O/c1-2-18-11-16-10-17(21-19-16)13-20-9-5-8-14-6-3-4-7-15(14)12-20/h3-4,6-7,10,18H,2,5,8-9,11-13H2,1H3. The van der Waals surface area contributed by atoms with Crippen LogP contribution in [0.5, 0.6) is 0 Å². The fourth-order valence-electron chi connectivity index (χ4n) is 2.89. The van der Waals surface area contributed by atoms with Crippen molar-refractivity contribution >= 4 is 0 Å². The molecule has 4 heteroatoms. The van der Waals surface area contributed by atoms with Crippen LogP contribution in [0.4, 0.5) is 0 Å². The molecular weight excluding hydrogens is 262 g/mol. The van der Waals surface area contributed by atoms with Crippen LogP contribution >= 0.6 is 0 Å². The van der Waals surface area contributed by atoms with Crippen LogP contribution in [0.1, 0.15) is 35.9 Å². The highest BCUT2D eigenvalue weighted by Crippen LogP contribution is 2.20. The van der Waals surface area contributed by atoms with Crippen LogP contribution in [-0.4, -0.2) is 23.1 Å². The minimum absolute atomic E-state index is 0.781. The van der Waals surface area contributed by atoms with Gasteiger partial charge in [0, 0.05) is 19.2 Å². The van der Waals surface area contributed by atoms with Crippen molar-refractivity contribution in [1.82, 2.24) is 15.4 Å². The van der Waals surface area contributed by atoms with Gasteiger partial charge in [0.1, 0.15) is 0 Å². The van der Waals surface area contributed by atoms with Gasteiger partial charge in [0.05, 0.1) is 12.2 Å². The van der Waals surface area contributed by atoms with Crippen molar-refractivity contribution < 1.29 is 4.52 Å². The van der Waals surface area contributed by atoms with Crippen LogP contribution < -0.4 is 5.32 Å². The number of nitrogens with one attached hydrogen (secondary N) is 1. The van der Waals surface area contributed by atoms with Crippen LogP contribution in [0.15, 0.2) is 34.9 Å². The van der Waals surface area contributed by atoms with E-state index in [1.54, 1.807) is 0 Å². The molecule has 4 nitrogen and oxygen atoms in total. The minimum Gasteiger partial charge on any atom is -0.360 e. The Morgan fingerprint density at radius 3 is 3.00 bits per heavy atom. The summed E-state index contributed by atoms with van der Waals surface area (Å²) >= 11 is 0. The quantitative estimate of drug-likeness (QED) is 0.917. The van der Waals surface area contributed by atoms with Crippen LogP contribution in [0.2, 0.25) is 0 Å². The molecule has 0 spiro atoms. The van der Waals surface area contributed by atoms with Crippen molar-refractivity contribution in [2.24, 2.45) is 0 Å². The summed E-state index contributed by atoms with van der Waals surface area (Å²) < 4.78 is 5.46. The van der Waals surface area contributed by atoms with Gasteiger partial charge < -0.3 is 9.84 Å². The van der Waals surface area contributed by atoms with Crippen LogP contribution in [0.25, 0.3) is 0 Å². The minimum atomic E-state index is 0.781. The van der Waals surface area contributed by atoms with E-state index in [1.165, 1.54) is 24.0 Å². The molecule has 2 heterocycles. The highest BCUT2D eigenvalue weighted by Gasteiger charge is 2.16. The number of hydrogen-bond acceptors (Lipinski definition) is 4.